The van der Waals surface area contributed by atoms with E-state index >= 15 is 0 Å². The minimum atomic E-state index is -4.84. The third-order valence-electron chi connectivity index (χ3n) is 5.54. The summed E-state index contributed by atoms with van der Waals surface area (Å²) in [4.78, 5) is 6.65. The summed E-state index contributed by atoms with van der Waals surface area (Å²) in [7, 11) is -0.660. The van der Waals surface area contributed by atoms with E-state index in [9.17, 15) is 21.6 Å². The number of piperazine rings is 1. The van der Waals surface area contributed by atoms with E-state index < -0.39 is 22.1 Å². The number of benzene rings is 2. The molecule has 0 aliphatic carbocycles. The maximum absolute atomic E-state index is 12.9. The third-order valence-corrected chi connectivity index (χ3v) is 8.40. The summed E-state index contributed by atoms with van der Waals surface area (Å²) in [6, 6.07) is 9.86. The quantitative estimate of drug-likeness (QED) is 0.422. The van der Waals surface area contributed by atoms with Crippen molar-refractivity contribution in [3.63, 3.8) is 0 Å². The number of hydrogen-bond donors (Lipinski definition) is 0. The van der Waals surface area contributed by atoms with Gasteiger partial charge in [0.2, 0.25) is 10.0 Å². The summed E-state index contributed by atoms with van der Waals surface area (Å²) in [6.45, 7) is 1.33. The van der Waals surface area contributed by atoms with Crippen molar-refractivity contribution in [3.8, 4) is 17.2 Å². The number of aromatic nitrogens is 1. The predicted molar refractivity (Wildman–Crippen MR) is 129 cm³/mol. The zero-order chi connectivity index (χ0) is 25.9. The molecule has 3 aromatic rings. The van der Waals surface area contributed by atoms with E-state index in [2.05, 4.69) is 4.74 Å². The lowest BCUT2D eigenvalue weighted by molar-refractivity contribution is -0.274. The lowest BCUT2D eigenvalue weighted by Gasteiger charge is -2.33. The highest BCUT2D eigenvalue weighted by molar-refractivity contribution is 7.89. The van der Waals surface area contributed by atoms with Crippen molar-refractivity contribution >= 4 is 26.5 Å². The van der Waals surface area contributed by atoms with Crippen LogP contribution in [0.5, 0.6) is 17.2 Å². The van der Waals surface area contributed by atoms with Crippen LogP contribution >= 0.6 is 11.3 Å². The maximum Gasteiger partial charge on any atom is 0.573 e. The summed E-state index contributed by atoms with van der Waals surface area (Å²) in [5.41, 5.74) is 1.87. The second kappa shape index (κ2) is 10.5. The molecule has 0 N–H and O–H groups in total. The van der Waals surface area contributed by atoms with E-state index in [0.717, 1.165) is 40.7 Å². The Morgan fingerprint density at radius 3 is 2.11 bits per heavy atom. The molecule has 2 heterocycles. The van der Waals surface area contributed by atoms with Gasteiger partial charge in [0.05, 0.1) is 24.8 Å². The predicted octanol–water partition coefficient (Wildman–Crippen LogP) is 4.16. The Balaban J connectivity index is 1.38. The van der Waals surface area contributed by atoms with Gasteiger partial charge in [0, 0.05) is 44.0 Å². The molecular formula is C23H24F3N3O5S2. The van der Waals surface area contributed by atoms with Crippen LogP contribution in [0.1, 0.15) is 11.3 Å². The minimum absolute atomic E-state index is 0.0873. The number of nitrogens with zero attached hydrogens (tertiary/aromatic N) is 3. The Hall–Kier alpha value is -3.03. The van der Waals surface area contributed by atoms with Crippen molar-refractivity contribution in [3.05, 3.63) is 59.1 Å². The highest BCUT2D eigenvalue weighted by Crippen LogP contribution is 2.29. The maximum atomic E-state index is 12.9. The number of rotatable bonds is 8. The number of alkyl halides is 3. The third kappa shape index (κ3) is 6.20. The number of hydrogen-bond acceptors (Lipinski definition) is 8. The second-order valence-corrected chi connectivity index (χ2v) is 10.7. The Labute approximate surface area is 210 Å². The molecule has 0 amide bonds. The average Bonchev–Trinajstić information content (AvgIpc) is 3.31. The summed E-state index contributed by atoms with van der Waals surface area (Å²) in [5, 5.41) is 2.76. The molecule has 1 aliphatic rings. The number of ether oxygens (including phenoxy) is 3. The van der Waals surface area contributed by atoms with Crippen LogP contribution in [0.2, 0.25) is 0 Å². The van der Waals surface area contributed by atoms with Gasteiger partial charge in [-0.05, 0) is 42.0 Å². The van der Waals surface area contributed by atoms with Gasteiger partial charge in [0.25, 0.3) is 0 Å². The van der Waals surface area contributed by atoms with Crippen LogP contribution in [0.15, 0.2) is 52.7 Å². The van der Waals surface area contributed by atoms with Gasteiger partial charge in [0.15, 0.2) is 5.13 Å². The van der Waals surface area contributed by atoms with Crippen molar-refractivity contribution in [2.75, 3.05) is 45.3 Å². The topological polar surface area (TPSA) is 81.2 Å². The van der Waals surface area contributed by atoms with Gasteiger partial charge in [-0.2, -0.15) is 4.31 Å². The van der Waals surface area contributed by atoms with Crippen LogP contribution < -0.4 is 19.1 Å². The molecule has 1 fully saturated rings. The van der Waals surface area contributed by atoms with Crippen molar-refractivity contribution in [2.45, 2.75) is 17.7 Å². The molecule has 36 heavy (non-hydrogen) atoms. The largest absolute Gasteiger partial charge is 0.573 e. The zero-order valence-corrected chi connectivity index (χ0v) is 21.1. The minimum Gasteiger partial charge on any atom is -0.497 e. The zero-order valence-electron chi connectivity index (χ0n) is 19.5. The fourth-order valence-electron chi connectivity index (χ4n) is 3.78. The van der Waals surface area contributed by atoms with Crippen molar-refractivity contribution in [2.24, 2.45) is 0 Å². The summed E-state index contributed by atoms with van der Waals surface area (Å²) < 4.78 is 78.7. The van der Waals surface area contributed by atoms with E-state index in [1.54, 1.807) is 20.3 Å². The van der Waals surface area contributed by atoms with E-state index in [1.165, 1.54) is 15.6 Å². The van der Waals surface area contributed by atoms with Gasteiger partial charge in [-0.1, -0.05) is 0 Å². The van der Waals surface area contributed by atoms with Gasteiger partial charge in [0.1, 0.15) is 17.2 Å². The molecule has 0 atom stereocenters. The molecule has 1 aliphatic heterocycles. The highest BCUT2D eigenvalue weighted by atomic mass is 32.2. The van der Waals surface area contributed by atoms with Crippen LogP contribution in [-0.2, 0) is 16.4 Å². The first kappa shape index (κ1) is 26.0. The monoisotopic (exact) mass is 543 g/mol. The molecular weight excluding hydrogens is 519 g/mol. The van der Waals surface area contributed by atoms with Gasteiger partial charge in [-0.15, -0.1) is 24.5 Å². The normalized spacial score (nSPS) is 15.1. The molecule has 1 saturated heterocycles. The molecule has 0 bridgehead atoms. The Morgan fingerprint density at radius 2 is 1.56 bits per heavy atom. The van der Waals surface area contributed by atoms with Gasteiger partial charge >= 0.3 is 6.36 Å². The summed E-state index contributed by atoms with van der Waals surface area (Å²) in [6.07, 6.45) is -4.25. The number of methoxy groups -OCH3 is 2. The van der Waals surface area contributed by atoms with Gasteiger partial charge in [-0.3, -0.25) is 0 Å². The fourth-order valence-corrected chi connectivity index (χ4v) is 6.08. The smallest absolute Gasteiger partial charge is 0.497 e. The highest BCUT2D eigenvalue weighted by Gasteiger charge is 2.32. The molecule has 4 rings (SSSR count). The molecule has 1 aromatic heterocycles. The molecule has 13 heteroatoms. The van der Waals surface area contributed by atoms with E-state index in [0.29, 0.717) is 31.0 Å². The summed E-state index contributed by atoms with van der Waals surface area (Å²) in [5.74, 6) is 0.914. The number of anilines is 1. The first-order valence-electron chi connectivity index (χ1n) is 10.8. The van der Waals surface area contributed by atoms with E-state index in [4.69, 9.17) is 14.5 Å². The SMILES string of the molecule is COc1cc(Cc2csc(N3CCN(S(=O)(=O)c4ccc(OC(F)(F)F)cc4)CC3)n2)cc(OC)c1. The van der Waals surface area contributed by atoms with Gasteiger partial charge in [-0.25, -0.2) is 13.4 Å². The Morgan fingerprint density at radius 1 is 0.944 bits per heavy atom. The van der Waals surface area contributed by atoms with Crippen LogP contribution in [0, 0.1) is 0 Å². The molecule has 0 saturated carbocycles. The molecule has 0 spiro atoms. The molecule has 0 radical (unpaired) electrons. The number of halogens is 3. The number of thiazole rings is 1. The number of sulfonamides is 1. The van der Waals surface area contributed by atoms with E-state index in [-0.39, 0.29) is 18.0 Å². The first-order chi connectivity index (χ1) is 17.1. The fraction of sp³-hybridized carbons (Fsp3) is 0.348. The lowest BCUT2D eigenvalue weighted by atomic mass is 10.1. The lowest BCUT2D eigenvalue weighted by Crippen LogP contribution is -2.48. The average molecular weight is 544 g/mol. The van der Waals surface area contributed by atoms with Crippen LogP contribution in [0.25, 0.3) is 0 Å². The molecule has 2 aromatic carbocycles. The Bertz CT molecular complexity index is 1270. The van der Waals surface area contributed by atoms with Crippen LogP contribution in [0.4, 0.5) is 18.3 Å². The van der Waals surface area contributed by atoms with E-state index in [1.807, 2.05) is 22.4 Å². The van der Waals surface area contributed by atoms with Crippen molar-refractivity contribution < 1.29 is 35.8 Å². The standard InChI is InChI=1S/C23H24F3N3O5S2/c1-32-19-12-16(13-20(14-19)33-2)11-17-15-35-22(27-17)28-7-9-29(10-8-28)36(30,31)21-5-3-18(4-6-21)34-23(24,25)26/h3-6,12-15H,7-11H2,1-2H3. The van der Waals surface area contributed by atoms with Crippen LogP contribution in [0.3, 0.4) is 0 Å². The Kier molecular flexibility index (Phi) is 7.62. The van der Waals surface area contributed by atoms with Crippen molar-refractivity contribution in [1.82, 2.24) is 9.29 Å². The van der Waals surface area contributed by atoms with Crippen LogP contribution in [-0.4, -0.2) is 64.5 Å². The van der Waals surface area contributed by atoms with Gasteiger partial charge < -0.3 is 19.1 Å². The first-order valence-corrected chi connectivity index (χ1v) is 13.2. The molecule has 8 nitrogen and oxygen atoms in total. The van der Waals surface area contributed by atoms with Crippen molar-refractivity contribution in [1.29, 1.82) is 0 Å². The molecule has 0 unspecified atom stereocenters. The molecule has 194 valence electrons. The second-order valence-electron chi connectivity index (χ2n) is 7.93. The summed E-state index contributed by atoms with van der Waals surface area (Å²) >= 11 is 1.48.